The van der Waals surface area contributed by atoms with Crippen molar-refractivity contribution in [3.8, 4) is 0 Å². The fourth-order valence-corrected chi connectivity index (χ4v) is 3.84. The van der Waals surface area contributed by atoms with Gasteiger partial charge in [0.15, 0.2) is 9.84 Å². The van der Waals surface area contributed by atoms with Crippen molar-refractivity contribution in [2.75, 3.05) is 6.26 Å². The summed E-state index contributed by atoms with van der Waals surface area (Å²) in [6, 6.07) is 11.7. The number of sulfone groups is 1. The van der Waals surface area contributed by atoms with Gasteiger partial charge >= 0.3 is 0 Å². The Morgan fingerprint density at radius 2 is 1.77 bits per heavy atom. The van der Waals surface area contributed by atoms with Crippen LogP contribution in [0, 0.1) is 6.92 Å². The Morgan fingerprint density at radius 1 is 1.12 bits per heavy atom. The molecule has 26 heavy (non-hydrogen) atoms. The molecule has 6 heteroatoms. The summed E-state index contributed by atoms with van der Waals surface area (Å²) < 4.78 is 24.9. The molecule has 0 radical (unpaired) electrons. The molecule has 1 heterocycles. The van der Waals surface area contributed by atoms with Crippen molar-refractivity contribution in [1.29, 1.82) is 0 Å². The van der Waals surface area contributed by atoms with Crippen molar-refractivity contribution in [2.45, 2.75) is 18.4 Å². The molecule has 0 aliphatic carbocycles. The van der Waals surface area contributed by atoms with Gasteiger partial charge in [-0.15, -0.1) is 0 Å². The van der Waals surface area contributed by atoms with Crippen molar-refractivity contribution in [3.05, 3.63) is 81.2 Å². The first kappa shape index (κ1) is 18.4. The average Bonchev–Trinajstić information content (AvgIpc) is 2.58. The van der Waals surface area contributed by atoms with E-state index in [9.17, 15) is 13.2 Å². The lowest BCUT2D eigenvalue weighted by Gasteiger charge is -2.16. The van der Waals surface area contributed by atoms with Crippen LogP contribution >= 0.6 is 11.6 Å². The van der Waals surface area contributed by atoms with Gasteiger partial charge in [0, 0.05) is 27.9 Å². The van der Waals surface area contributed by atoms with Crippen LogP contribution in [0.3, 0.4) is 0 Å². The molecule has 0 bridgehead atoms. The normalized spacial score (nSPS) is 11.7. The summed E-state index contributed by atoms with van der Waals surface area (Å²) in [5.74, 6) is 0. The molecule has 1 aromatic heterocycles. The van der Waals surface area contributed by atoms with Crippen molar-refractivity contribution in [3.63, 3.8) is 0 Å². The Kier molecular flexibility index (Phi) is 4.78. The van der Waals surface area contributed by atoms with Crippen LogP contribution in [0.4, 0.5) is 0 Å². The van der Waals surface area contributed by atoms with Crippen LogP contribution in [0.5, 0.6) is 0 Å². The molecular formula is C20H18ClNO3S. The molecule has 0 saturated carbocycles. The van der Waals surface area contributed by atoms with Gasteiger partial charge in [-0.2, -0.15) is 0 Å². The second kappa shape index (κ2) is 6.74. The van der Waals surface area contributed by atoms with E-state index in [-0.39, 0.29) is 10.5 Å². The van der Waals surface area contributed by atoms with Gasteiger partial charge in [0.2, 0.25) is 0 Å². The van der Waals surface area contributed by atoms with Crippen LogP contribution in [0.15, 0.2) is 58.7 Å². The summed E-state index contributed by atoms with van der Waals surface area (Å²) in [4.78, 5) is 13.2. The van der Waals surface area contributed by atoms with Crippen molar-refractivity contribution in [1.82, 2.24) is 4.57 Å². The van der Waals surface area contributed by atoms with E-state index in [0.717, 1.165) is 22.2 Å². The number of pyridine rings is 1. The first-order chi connectivity index (χ1) is 12.2. The van der Waals surface area contributed by atoms with Crippen molar-refractivity contribution < 1.29 is 8.42 Å². The van der Waals surface area contributed by atoms with Crippen LogP contribution in [-0.2, 0) is 16.4 Å². The Labute approximate surface area is 157 Å². The highest BCUT2D eigenvalue weighted by Crippen LogP contribution is 2.24. The molecular weight excluding hydrogens is 370 g/mol. The number of rotatable bonds is 4. The minimum atomic E-state index is -3.25. The largest absolute Gasteiger partial charge is 0.307 e. The first-order valence-electron chi connectivity index (χ1n) is 7.96. The highest BCUT2D eigenvalue weighted by Gasteiger charge is 2.13. The van der Waals surface area contributed by atoms with E-state index in [1.165, 1.54) is 6.26 Å². The number of aromatic nitrogens is 1. The highest BCUT2D eigenvalue weighted by atomic mass is 35.5. The third kappa shape index (κ3) is 3.32. The van der Waals surface area contributed by atoms with Gasteiger partial charge in [-0.05, 0) is 48.2 Å². The Morgan fingerprint density at radius 3 is 2.35 bits per heavy atom. The van der Waals surface area contributed by atoms with E-state index in [2.05, 4.69) is 6.58 Å². The Hall–Kier alpha value is -2.37. The molecule has 0 aliphatic rings. The SMILES string of the molecule is C=Cc1c(C)n(Cc2ccc(S(C)(=O)=O)cc2)c(=O)c2ccc(Cl)cc12. The van der Waals surface area contributed by atoms with Crippen LogP contribution < -0.4 is 5.56 Å². The molecule has 0 spiro atoms. The van der Waals surface area contributed by atoms with Gasteiger partial charge in [0.1, 0.15) is 0 Å². The number of fused-ring (bicyclic) bond motifs is 1. The van der Waals surface area contributed by atoms with Crippen LogP contribution in [-0.4, -0.2) is 19.2 Å². The molecule has 134 valence electrons. The monoisotopic (exact) mass is 387 g/mol. The first-order valence-corrected chi connectivity index (χ1v) is 10.2. The zero-order chi connectivity index (χ0) is 19.1. The minimum absolute atomic E-state index is 0.119. The summed E-state index contributed by atoms with van der Waals surface area (Å²) in [6.45, 7) is 6.07. The van der Waals surface area contributed by atoms with Gasteiger partial charge < -0.3 is 4.57 Å². The number of hydrogen-bond donors (Lipinski definition) is 0. The molecule has 3 aromatic rings. The zero-order valence-electron chi connectivity index (χ0n) is 14.5. The van der Waals surface area contributed by atoms with E-state index in [1.54, 1.807) is 53.1 Å². The minimum Gasteiger partial charge on any atom is -0.307 e. The fraction of sp³-hybridized carbons (Fsp3) is 0.150. The lowest BCUT2D eigenvalue weighted by molar-refractivity contribution is 0.602. The number of halogens is 1. The van der Waals surface area contributed by atoms with Crippen molar-refractivity contribution in [2.24, 2.45) is 0 Å². The molecule has 0 saturated heterocycles. The van der Waals surface area contributed by atoms with Crippen LogP contribution in [0.25, 0.3) is 16.8 Å². The lowest BCUT2D eigenvalue weighted by Crippen LogP contribution is -2.24. The predicted molar refractivity (Wildman–Crippen MR) is 107 cm³/mol. The molecule has 0 amide bonds. The van der Waals surface area contributed by atoms with Crippen molar-refractivity contribution >= 4 is 38.3 Å². The average molecular weight is 388 g/mol. The standard InChI is InChI=1S/C20H18ClNO3S/c1-4-17-13(2)22(20(23)18-10-7-15(21)11-19(17)18)12-14-5-8-16(9-6-14)26(3,24)25/h4-11H,1,12H2,2-3H3. The van der Waals surface area contributed by atoms with Gasteiger partial charge in [0.05, 0.1) is 11.4 Å². The van der Waals surface area contributed by atoms with E-state index in [4.69, 9.17) is 11.6 Å². The highest BCUT2D eigenvalue weighted by molar-refractivity contribution is 7.90. The van der Waals surface area contributed by atoms with Gasteiger partial charge in [-0.25, -0.2) is 8.42 Å². The zero-order valence-corrected chi connectivity index (χ0v) is 16.1. The maximum atomic E-state index is 12.9. The second-order valence-electron chi connectivity index (χ2n) is 6.20. The molecule has 0 unspecified atom stereocenters. The number of hydrogen-bond acceptors (Lipinski definition) is 3. The summed E-state index contributed by atoms with van der Waals surface area (Å²) in [5.41, 5.74) is 2.36. The molecule has 3 rings (SSSR count). The molecule has 2 aromatic carbocycles. The molecule has 4 nitrogen and oxygen atoms in total. The molecule has 0 atom stereocenters. The smallest absolute Gasteiger partial charge is 0.258 e. The topological polar surface area (TPSA) is 56.1 Å². The van der Waals surface area contributed by atoms with E-state index >= 15 is 0 Å². The third-order valence-corrected chi connectivity index (χ3v) is 5.80. The van der Waals surface area contributed by atoms with E-state index in [1.807, 2.05) is 6.92 Å². The van der Waals surface area contributed by atoms with E-state index < -0.39 is 9.84 Å². The summed E-state index contributed by atoms with van der Waals surface area (Å²) in [5, 5.41) is 1.91. The number of nitrogens with zero attached hydrogens (tertiary/aromatic N) is 1. The third-order valence-electron chi connectivity index (χ3n) is 4.44. The van der Waals surface area contributed by atoms with Crippen LogP contribution in [0.2, 0.25) is 5.02 Å². The maximum Gasteiger partial charge on any atom is 0.258 e. The summed E-state index contributed by atoms with van der Waals surface area (Å²) >= 11 is 6.08. The van der Waals surface area contributed by atoms with E-state index in [0.29, 0.717) is 17.0 Å². The predicted octanol–water partition coefficient (Wildman–Crippen LogP) is 4.06. The Bertz CT molecular complexity index is 1180. The molecule has 0 fully saturated rings. The quantitative estimate of drug-likeness (QED) is 0.678. The lowest BCUT2D eigenvalue weighted by atomic mass is 10.0. The summed E-state index contributed by atoms with van der Waals surface area (Å²) in [7, 11) is -3.25. The molecule has 0 N–H and O–H groups in total. The molecule has 0 aliphatic heterocycles. The Balaban J connectivity index is 2.15. The van der Waals surface area contributed by atoms with Gasteiger partial charge in [-0.3, -0.25) is 4.79 Å². The second-order valence-corrected chi connectivity index (χ2v) is 8.65. The van der Waals surface area contributed by atoms with Crippen LogP contribution in [0.1, 0.15) is 16.8 Å². The fourth-order valence-electron chi connectivity index (χ4n) is 3.04. The van der Waals surface area contributed by atoms with Gasteiger partial charge in [0.25, 0.3) is 5.56 Å². The number of benzene rings is 2. The summed E-state index contributed by atoms with van der Waals surface area (Å²) in [6.07, 6.45) is 2.89. The van der Waals surface area contributed by atoms with Gasteiger partial charge in [-0.1, -0.05) is 36.4 Å². The maximum absolute atomic E-state index is 12.9.